The number of nitrogens with zero attached hydrogens (tertiary/aromatic N) is 3. The summed E-state index contributed by atoms with van der Waals surface area (Å²) in [6.07, 6.45) is 5.86. The lowest BCUT2D eigenvalue weighted by atomic mass is 9.98. The summed E-state index contributed by atoms with van der Waals surface area (Å²) < 4.78 is 0. The highest BCUT2D eigenvalue weighted by molar-refractivity contribution is 5.57. The third-order valence-electron chi connectivity index (χ3n) is 4.34. The van der Waals surface area contributed by atoms with Crippen LogP contribution in [0, 0.1) is 0 Å². The molecule has 0 spiro atoms. The van der Waals surface area contributed by atoms with Crippen molar-refractivity contribution in [2.24, 2.45) is 15.0 Å². The molecule has 6 heteroatoms. The average Bonchev–Trinajstić information content (AvgIpc) is 2.73. The second-order valence-corrected chi connectivity index (χ2v) is 6.26. The van der Waals surface area contributed by atoms with Gasteiger partial charge in [-0.15, -0.1) is 0 Å². The van der Waals surface area contributed by atoms with Crippen molar-refractivity contribution in [3.05, 3.63) is 89.0 Å². The molecule has 0 N–H and O–H groups in total. The standard InChI is InChI=1S/C23H15N3O3/c27-14-24-21-7-2-17(3-8-21)11-19-1-6-20(23(13-19)26-16-29)12-18-4-9-22(10-5-18)25-15-28/h1-10,13H,11-12H2. The van der Waals surface area contributed by atoms with Crippen molar-refractivity contribution < 1.29 is 14.4 Å². The SMILES string of the molecule is O=C=Nc1ccc(Cc2ccc(Cc3ccc(N=C=O)cc3)c(N=C=O)c2)cc1. The van der Waals surface area contributed by atoms with E-state index in [4.69, 9.17) is 0 Å². The Hall–Kier alpha value is -4.20. The van der Waals surface area contributed by atoms with Crippen molar-refractivity contribution in [3.63, 3.8) is 0 Å². The number of rotatable bonds is 7. The molecule has 0 aliphatic rings. The smallest absolute Gasteiger partial charge is 0.211 e. The molecular formula is C23H15N3O3. The van der Waals surface area contributed by atoms with E-state index in [2.05, 4.69) is 15.0 Å². The molecule has 3 aromatic rings. The van der Waals surface area contributed by atoms with Gasteiger partial charge < -0.3 is 0 Å². The van der Waals surface area contributed by atoms with Crippen LogP contribution in [0.1, 0.15) is 22.3 Å². The van der Waals surface area contributed by atoms with Crippen LogP contribution in [0.25, 0.3) is 0 Å². The Morgan fingerprint density at radius 1 is 0.552 bits per heavy atom. The Kier molecular flexibility index (Phi) is 6.51. The topological polar surface area (TPSA) is 88.3 Å². The van der Waals surface area contributed by atoms with Crippen molar-refractivity contribution in [2.45, 2.75) is 12.8 Å². The summed E-state index contributed by atoms with van der Waals surface area (Å²) in [5.74, 6) is 0. The number of aliphatic imine (C=N–C) groups is 3. The van der Waals surface area contributed by atoms with E-state index in [1.54, 1.807) is 30.3 Å². The van der Waals surface area contributed by atoms with E-state index in [1.165, 1.54) is 12.2 Å². The van der Waals surface area contributed by atoms with E-state index in [0.29, 0.717) is 29.9 Å². The fourth-order valence-corrected chi connectivity index (χ4v) is 2.96. The van der Waals surface area contributed by atoms with Gasteiger partial charge in [0.05, 0.1) is 17.1 Å². The van der Waals surface area contributed by atoms with Crippen LogP contribution in [0.2, 0.25) is 0 Å². The zero-order valence-corrected chi connectivity index (χ0v) is 15.3. The zero-order valence-electron chi connectivity index (χ0n) is 15.3. The van der Waals surface area contributed by atoms with Gasteiger partial charge in [0.2, 0.25) is 18.2 Å². The zero-order chi connectivity index (χ0) is 20.5. The number of carbonyl (C=O) groups excluding carboxylic acids is 3. The van der Waals surface area contributed by atoms with Gasteiger partial charge in [0.15, 0.2) is 0 Å². The van der Waals surface area contributed by atoms with Crippen molar-refractivity contribution in [1.29, 1.82) is 0 Å². The molecule has 0 amide bonds. The first-order valence-corrected chi connectivity index (χ1v) is 8.75. The lowest BCUT2D eigenvalue weighted by Gasteiger charge is -2.09. The summed E-state index contributed by atoms with van der Waals surface area (Å²) in [6, 6.07) is 20.2. The molecule has 0 atom stereocenters. The highest BCUT2D eigenvalue weighted by Gasteiger charge is 2.06. The molecular weight excluding hydrogens is 366 g/mol. The first-order valence-electron chi connectivity index (χ1n) is 8.75. The van der Waals surface area contributed by atoms with Gasteiger partial charge in [-0.1, -0.05) is 36.4 Å². The maximum atomic E-state index is 10.9. The number of isocyanates is 3. The number of hydrogen-bond acceptors (Lipinski definition) is 6. The largest absolute Gasteiger partial charge is 0.240 e. The maximum absolute atomic E-state index is 10.9. The van der Waals surface area contributed by atoms with Crippen LogP contribution < -0.4 is 0 Å². The molecule has 0 radical (unpaired) electrons. The van der Waals surface area contributed by atoms with Crippen molar-refractivity contribution >= 4 is 35.3 Å². The molecule has 3 rings (SSSR count). The summed E-state index contributed by atoms with van der Waals surface area (Å²) in [5, 5.41) is 0. The predicted octanol–water partition coefficient (Wildman–Crippen LogP) is 4.77. The quantitative estimate of drug-likeness (QED) is 0.436. The van der Waals surface area contributed by atoms with Gasteiger partial charge in [0.1, 0.15) is 0 Å². The first-order chi connectivity index (χ1) is 14.2. The molecule has 6 nitrogen and oxygen atoms in total. The van der Waals surface area contributed by atoms with Crippen LogP contribution in [0.3, 0.4) is 0 Å². The summed E-state index contributed by atoms with van der Waals surface area (Å²) in [7, 11) is 0. The van der Waals surface area contributed by atoms with Gasteiger partial charge in [-0.3, -0.25) is 0 Å². The molecule has 29 heavy (non-hydrogen) atoms. The van der Waals surface area contributed by atoms with Crippen LogP contribution >= 0.6 is 0 Å². The van der Waals surface area contributed by atoms with E-state index in [0.717, 1.165) is 22.3 Å². The third-order valence-corrected chi connectivity index (χ3v) is 4.34. The molecule has 0 bridgehead atoms. The molecule has 0 fully saturated rings. The average molecular weight is 381 g/mol. The van der Waals surface area contributed by atoms with Gasteiger partial charge in [-0.25, -0.2) is 14.4 Å². The minimum absolute atomic E-state index is 0.537. The lowest BCUT2D eigenvalue weighted by Crippen LogP contribution is -1.93. The van der Waals surface area contributed by atoms with E-state index in [-0.39, 0.29) is 0 Å². The van der Waals surface area contributed by atoms with Crippen LogP contribution in [0.4, 0.5) is 17.1 Å². The van der Waals surface area contributed by atoms with Gasteiger partial charge in [-0.2, -0.15) is 15.0 Å². The predicted molar refractivity (Wildman–Crippen MR) is 108 cm³/mol. The highest BCUT2D eigenvalue weighted by Crippen LogP contribution is 2.26. The number of hydrogen-bond donors (Lipinski definition) is 0. The van der Waals surface area contributed by atoms with Crippen LogP contribution in [0.5, 0.6) is 0 Å². The van der Waals surface area contributed by atoms with E-state index in [1.807, 2.05) is 42.5 Å². The Morgan fingerprint density at radius 3 is 1.55 bits per heavy atom. The van der Waals surface area contributed by atoms with E-state index in [9.17, 15) is 14.4 Å². The molecule has 0 saturated heterocycles. The second kappa shape index (κ2) is 9.65. The summed E-state index contributed by atoms with van der Waals surface area (Å²) in [6.45, 7) is 0. The maximum Gasteiger partial charge on any atom is 0.240 e. The van der Waals surface area contributed by atoms with Gasteiger partial charge >= 0.3 is 0 Å². The highest BCUT2D eigenvalue weighted by atomic mass is 16.1. The molecule has 0 aromatic heterocycles. The first kappa shape index (κ1) is 19.6. The van der Waals surface area contributed by atoms with Crippen LogP contribution in [-0.4, -0.2) is 18.2 Å². The Morgan fingerprint density at radius 2 is 1.03 bits per heavy atom. The normalized spacial score (nSPS) is 9.66. The Balaban J connectivity index is 1.81. The third kappa shape index (κ3) is 5.39. The molecule has 3 aromatic carbocycles. The van der Waals surface area contributed by atoms with E-state index >= 15 is 0 Å². The minimum Gasteiger partial charge on any atom is -0.211 e. The Labute approximate surface area is 167 Å². The van der Waals surface area contributed by atoms with Crippen molar-refractivity contribution in [3.8, 4) is 0 Å². The van der Waals surface area contributed by atoms with Gasteiger partial charge in [0.25, 0.3) is 0 Å². The Bertz CT molecular complexity index is 1150. The molecule has 0 heterocycles. The monoisotopic (exact) mass is 381 g/mol. The minimum atomic E-state index is 0.537. The van der Waals surface area contributed by atoms with Crippen molar-refractivity contribution in [2.75, 3.05) is 0 Å². The van der Waals surface area contributed by atoms with Gasteiger partial charge in [-0.05, 0) is 65.4 Å². The summed E-state index contributed by atoms with van der Waals surface area (Å²) in [4.78, 5) is 42.5. The van der Waals surface area contributed by atoms with Gasteiger partial charge in [0, 0.05) is 0 Å². The summed E-state index contributed by atoms with van der Waals surface area (Å²) >= 11 is 0. The molecule has 0 unspecified atom stereocenters. The fourth-order valence-electron chi connectivity index (χ4n) is 2.96. The number of benzene rings is 3. The molecule has 140 valence electrons. The molecule has 0 saturated carbocycles. The summed E-state index contributed by atoms with van der Waals surface area (Å²) in [5.41, 5.74) is 5.57. The van der Waals surface area contributed by atoms with Crippen LogP contribution in [0.15, 0.2) is 81.7 Å². The second-order valence-electron chi connectivity index (χ2n) is 6.26. The lowest BCUT2D eigenvalue weighted by molar-refractivity contribution is 0.564. The van der Waals surface area contributed by atoms with Crippen LogP contribution in [-0.2, 0) is 27.2 Å². The molecule has 0 aliphatic heterocycles. The van der Waals surface area contributed by atoms with Crippen molar-refractivity contribution in [1.82, 2.24) is 0 Å². The fraction of sp³-hybridized carbons (Fsp3) is 0.0870. The molecule has 0 aliphatic carbocycles. The van der Waals surface area contributed by atoms with E-state index < -0.39 is 0 Å².